The maximum absolute atomic E-state index is 13.0. The standard InChI is InChI=1S/C15H18ClFO2/c1-10(2)13(4-3-5-14(17)15(18)19)11-6-8-12(16)9-7-11/h3-4,6-10,13-14H,5H2,1-2H3,(H,18,19). The molecule has 0 heterocycles. The molecule has 0 aliphatic rings. The number of allylic oxidation sites excluding steroid dienone is 2. The van der Waals surface area contributed by atoms with Crippen molar-refractivity contribution in [2.24, 2.45) is 5.92 Å². The van der Waals surface area contributed by atoms with Crippen molar-refractivity contribution in [3.8, 4) is 0 Å². The van der Waals surface area contributed by atoms with Crippen LogP contribution in [0.25, 0.3) is 0 Å². The molecule has 104 valence electrons. The average Bonchev–Trinajstić information content (AvgIpc) is 2.35. The van der Waals surface area contributed by atoms with Gasteiger partial charge in [-0.2, -0.15) is 0 Å². The predicted octanol–water partition coefficient (Wildman–Crippen LogP) is 4.45. The Bertz CT molecular complexity index is 440. The van der Waals surface area contributed by atoms with Gasteiger partial charge >= 0.3 is 5.97 Å². The molecule has 0 fully saturated rings. The molecule has 0 saturated carbocycles. The van der Waals surface area contributed by atoms with Gasteiger partial charge < -0.3 is 5.11 Å². The molecule has 1 aromatic rings. The third-order valence-electron chi connectivity index (χ3n) is 2.93. The van der Waals surface area contributed by atoms with Crippen molar-refractivity contribution < 1.29 is 14.3 Å². The quantitative estimate of drug-likeness (QED) is 0.784. The number of benzene rings is 1. The van der Waals surface area contributed by atoms with Crippen LogP contribution in [0.5, 0.6) is 0 Å². The number of carboxylic acids is 1. The van der Waals surface area contributed by atoms with Gasteiger partial charge in [-0.25, -0.2) is 9.18 Å². The van der Waals surface area contributed by atoms with E-state index in [0.29, 0.717) is 10.9 Å². The van der Waals surface area contributed by atoms with E-state index in [9.17, 15) is 9.18 Å². The van der Waals surface area contributed by atoms with Crippen LogP contribution < -0.4 is 0 Å². The zero-order valence-corrected chi connectivity index (χ0v) is 11.8. The molecule has 4 heteroatoms. The number of hydrogen-bond acceptors (Lipinski definition) is 1. The van der Waals surface area contributed by atoms with Crippen LogP contribution in [0.3, 0.4) is 0 Å². The van der Waals surface area contributed by atoms with Crippen LogP contribution in [0.2, 0.25) is 5.02 Å². The second kappa shape index (κ2) is 7.29. The topological polar surface area (TPSA) is 37.3 Å². The lowest BCUT2D eigenvalue weighted by molar-refractivity contribution is -0.142. The van der Waals surface area contributed by atoms with Crippen molar-refractivity contribution in [3.05, 3.63) is 47.0 Å². The molecule has 0 spiro atoms. The molecule has 1 aromatic carbocycles. The molecule has 0 aliphatic carbocycles. The van der Waals surface area contributed by atoms with E-state index in [1.54, 1.807) is 6.08 Å². The summed E-state index contributed by atoms with van der Waals surface area (Å²) in [5.74, 6) is -0.962. The minimum atomic E-state index is -1.84. The molecule has 0 saturated heterocycles. The summed E-state index contributed by atoms with van der Waals surface area (Å²) in [6.07, 6.45) is 1.52. The summed E-state index contributed by atoms with van der Waals surface area (Å²) in [6.45, 7) is 4.13. The van der Waals surface area contributed by atoms with Gasteiger partial charge in [-0.05, 0) is 23.6 Å². The Morgan fingerprint density at radius 1 is 1.37 bits per heavy atom. The molecule has 2 nitrogen and oxygen atoms in total. The Balaban J connectivity index is 2.76. The summed E-state index contributed by atoms with van der Waals surface area (Å²) in [5.41, 5.74) is 1.08. The van der Waals surface area contributed by atoms with E-state index in [1.165, 1.54) is 0 Å². The molecule has 2 atom stereocenters. The van der Waals surface area contributed by atoms with Gasteiger partial charge in [0.2, 0.25) is 6.17 Å². The smallest absolute Gasteiger partial charge is 0.338 e. The van der Waals surface area contributed by atoms with Gasteiger partial charge in [0.1, 0.15) is 0 Å². The van der Waals surface area contributed by atoms with Crippen LogP contribution in [0, 0.1) is 5.92 Å². The van der Waals surface area contributed by atoms with Crippen molar-refractivity contribution >= 4 is 17.6 Å². The van der Waals surface area contributed by atoms with Crippen LogP contribution >= 0.6 is 11.6 Å². The minimum absolute atomic E-state index is 0.105. The zero-order chi connectivity index (χ0) is 14.4. The first-order valence-corrected chi connectivity index (χ1v) is 6.58. The Kier molecular flexibility index (Phi) is 6.03. The molecular formula is C15H18ClFO2. The maximum Gasteiger partial charge on any atom is 0.338 e. The van der Waals surface area contributed by atoms with Crippen LogP contribution in [0.1, 0.15) is 31.7 Å². The summed E-state index contributed by atoms with van der Waals surface area (Å²) >= 11 is 5.84. The van der Waals surface area contributed by atoms with Gasteiger partial charge in [0.05, 0.1) is 0 Å². The van der Waals surface area contributed by atoms with Gasteiger partial charge in [0, 0.05) is 17.4 Å². The first-order chi connectivity index (χ1) is 8.91. The number of alkyl halides is 1. The fourth-order valence-electron chi connectivity index (χ4n) is 1.85. The highest BCUT2D eigenvalue weighted by Crippen LogP contribution is 2.27. The summed E-state index contributed by atoms with van der Waals surface area (Å²) < 4.78 is 13.0. The molecule has 1 N–H and O–H groups in total. The predicted molar refractivity (Wildman–Crippen MR) is 75.3 cm³/mol. The monoisotopic (exact) mass is 284 g/mol. The number of carboxylic acid groups (broad SMARTS) is 1. The highest BCUT2D eigenvalue weighted by atomic mass is 35.5. The van der Waals surface area contributed by atoms with Gasteiger partial charge in [-0.15, -0.1) is 0 Å². The highest BCUT2D eigenvalue weighted by molar-refractivity contribution is 6.30. The molecule has 2 unspecified atom stereocenters. The number of rotatable bonds is 6. The largest absolute Gasteiger partial charge is 0.479 e. The number of hydrogen-bond donors (Lipinski definition) is 1. The Morgan fingerprint density at radius 2 is 1.95 bits per heavy atom. The van der Waals surface area contributed by atoms with E-state index in [0.717, 1.165) is 5.56 Å². The fourth-order valence-corrected chi connectivity index (χ4v) is 1.97. The van der Waals surface area contributed by atoms with Crippen molar-refractivity contribution in [2.75, 3.05) is 0 Å². The molecule has 0 aromatic heterocycles. The normalized spacial score (nSPS) is 14.8. The highest BCUT2D eigenvalue weighted by Gasteiger charge is 2.15. The zero-order valence-electron chi connectivity index (χ0n) is 11.0. The number of aliphatic carboxylic acids is 1. The minimum Gasteiger partial charge on any atom is -0.479 e. The summed E-state index contributed by atoms with van der Waals surface area (Å²) in [7, 11) is 0. The molecule has 0 radical (unpaired) electrons. The first-order valence-electron chi connectivity index (χ1n) is 6.20. The fraction of sp³-hybridized carbons (Fsp3) is 0.400. The second-order valence-corrected chi connectivity index (χ2v) is 5.23. The van der Waals surface area contributed by atoms with Gasteiger partial charge in [-0.3, -0.25) is 0 Å². The summed E-state index contributed by atoms with van der Waals surface area (Å²) in [5, 5.41) is 9.15. The summed E-state index contributed by atoms with van der Waals surface area (Å²) in [6, 6.07) is 7.49. The van der Waals surface area contributed by atoms with E-state index in [1.807, 2.05) is 30.3 Å². The Hall–Kier alpha value is -1.35. The summed E-state index contributed by atoms with van der Waals surface area (Å²) in [4.78, 5) is 10.4. The maximum atomic E-state index is 13.0. The first kappa shape index (κ1) is 15.7. The SMILES string of the molecule is CC(C)C(C=CCC(F)C(=O)O)c1ccc(Cl)cc1. The molecule has 0 bridgehead atoms. The van der Waals surface area contributed by atoms with Crippen LogP contribution in [-0.4, -0.2) is 17.2 Å². The molecule has 1 rings (SSSR count). The lowest BCUT2D eigenvalue weighted by Crippen LogP contribution is -2.13. The Morgan fingerprint density at radius 3 is 2.42 bits per heavy atom. The van der Waals surface area contributed by atoms with E-state index >= 15 is 0 Å². The average molecular weight is 285 g/mol. The van der Waals surface area contributed by atoms with Gasteiger partial charge in [0.25, 0.3) is 0 Å². The van der Waals surface area contributed by atoms with Crippen molar-refractivity contribution in [2.45, 2.75) is 32.4 Å². The van der Waals surface area contributed by atoms with Gasteiger partial charge in [0.15, 0.2) is 0 Å². The molecule has 0 aliphatic heterocycles. The second-order valence-electron chi connectivity index (χ2n) is 4.79. The lowest BCUT2D eigenvalue weighted by atomic mass is 9.88. The lowest BCUT2D eigenvalue weighted by Gasteiger charge is -2.17. The van der Waals surface area contributed by atoms with E-state index in [2.05, 4.69) is 13.8 Å². The van der Waals surface area contributed by atoms with Gasteiger partial charge in [-0.1, -0.05) is 49.7 Å². The van der Waals surface area contributed by atoms with Crippen LogP contribution in [0.15, 0.2) is 36.4 Å². The van der Waals surface area contributed by atoms with E-state index < -0.39 is 12.1 Å². The van der Waals surface area contributed by atoms with E-state index in [-0.39, 0.29) is 12.3 Å². The van der Waals surface area contributed by atoms with Crippen LogP contribution in [0.4, 0.5) is 4.39 Å². The third-order valence-corrected chi connectivity index (χ3v) is 3.18. The van der Waals surface area contributed by atoms with E-state index in [4.69, 9.17) is 16.7 Å². The van der Waals surface area contributed by atoms with Crippen molar-refractivity contribution in [3.63, 3.8) is 0 Å². The van der Waals surface area contributed by atoms with Crippen LogP contribution in [-0.2, 0) is 4.79 Å². The number of carbonyl (C=O) groups is 1. The number of halogens is 2. The third kappa shape index (κ3) is 5.03. The molecule has 19 heavy (non-hydrogen) atoms. The Labute approximate surface area is 117 Å². The van der Waals surface area contributed by atoms with Crippen molar-refractivity contribution in [1.29, 1.82) is 0 Å². The molecular weight excluding hydrogens is 267 g/mol. The van der Waals surface area contributed by atoms with Crippen molar-refractivity contribution in [1.82, 2.24) is 0 Å². The molecule has 0 amide bonds.